The van der Waals surface area contributed by atoms with Crippen LogP contribution < -0.4 is 5.32 Å². The molecular formula is C12H17F2N3O. The number of alkyl halides is 2. The average Bonchev–Trinajstić information content (AvgIpc) is 2.72. The van der Waals surface area contributed by atoms with Crippen molar-refractivity contribution in [1.82, 2.24) is 15.5 Å². The van der Waals surface area contributed by atoms with Gasteiger partial charge in [0, 0.05) is 36.6 Å². The second kappa shape index (κ2) is 5.04. The lowest BCUT2D eigenvalue weighted by Crippen LogP contribution is -2.35. The molecule has 0 bridgehead atoms. The Morgan fingerprint density at radius 1 is 1.56 bits per heavy atom. The van der Waals surface area contributed by atoms with Gasteiger partial charge in [0.15, 0.2) is 0 Å². The zero-order valence-electron chi connectivity index (χ0n) is 10.3. The van der Waals surface area contributed by atoms with E-state index in [4.69, 9.17) is 0 Å². The van der Waals surface area contributed by atoms with Crippen LogP contribution in [0.1, 0.15) is 36.9 Å². The van der Waals surface area contributed by atoms with Gasteiger partial charge in [-0.25, -0.2) is 8.78 Å². The van der Waals surface area contributed by atoms with E-state index in [1.807, 2.05) is 6.92 Å². The van der Waals surface area contributed by atoms with Crippen molar-refractivity contribution in [3.63, 3.8) is 0 Å². The van der Waals surface area contributed by atoms with E-state index in [2.05, 4.69) is 15.5 Å². The van der Waals surface area contributed by atoms with Gasteiger partial charge in [0.05, 0.1) is 6.20 Å². The summed E-state index contributed by atoms with van der Waals surface area (Å²) in [6.45, 7) is 2.27. The molecule has 6 heteroatoms. The van der Waals surface area contributed by atoms with Gasteiger partial charge >= 0.3 is 0 Å². The lowest BCUT2D eigenvalue weighted by Gasteiger charge is -2.27. The summed E-state index contributed by atoms with van der Waals surface area (Å²) < 4.78 is 25.9. The first-order valence-corrected chi connectivity index (χ1v) is 6.12. The molecule has 1 heterocycles. The minimum Gasteiger partial charge on any atom is -0.352 e. The van der Waals surface area contributed by atoms with Crippen molar-refractivity contribution < 1.29 is 13.6 Å². The molecule has 1 aromatic heterocycles. The fourth-order valence-electron chi connectivity index (χ4n) is 2.18. The van der Waals surface area contributed by atoms with Crippen LogP contribution >= 0.6 is 0 Å². The van der Waals surface area contributed by atoms with E-state index in [0.29, 0.717) is 6.54 Å². The van der Waals surface area contributed by atoms with E-state index in [0.717, 1.165) is 11.3 Å². The Morgan fingerprint density at radius 2 is 2.22 bits per heavy atom. The molecule has 4 nitrogen and oxygen atoms in total. The Kier molecular flexibility index (Phi) is 3.63. The van der Waals surface area contributed by atoms with Crippen LogP contribution in [0.2, 0.25) is 0 Å². The number of H-pyrrole nitrogens is 1. The fourth-order valence-corrected chi connectivity index (χ4v) is 2.18. The third-order valence-corrected chi connectivity index (χ3v) is 3.48. The average molecular weight is 257 g/mol. The van der Waals surface area contributed by atoms with Gasteiger partial charge in [-0.3, -0.25) is 9.89 Å². The van der Waals surface area contributed by atoms with Gasteiger partial charge in [-0.15, -0.1) is 0 Å². The fraction of sp³-hybridized carbons (Fsp3) is 0.667. The van der Waals surface area contributed by atoms with Crippen LogP contribution in [0.4, 0.5) is 8.78 Å². The van der Waals surface area contributed by atoms with Gasteiger partial charge in [-0.1, -0.05) is 0 Å². The van der Waals surface area contributed by atoms with Gasteiger partial charge in [-0.2, -0.15) is 5.10 Å². The maximum atomic E-state index is 13.0. The van der Waals surface area contributed by atoms with E-state index >= 15 is 0 Å². The number of aromatic amines is 1. The molecule has 100 valence electrons. The molecule has 0 aromatic carbocycles. The molecule has 0 atom stereocenters. The van der Waals surface area contributed by atoms with Crippen molar-refractivity contribution >= 4 is 5.91 Å². The standard InChI is InChI=1S/C12H17F2N3O/c1-8-10(7-16-17-8)6-15-11(18)9-2-4-12(13,14)5-3-9/h7,9H,2-6H2,1H3,(H,15,18)(H,16,17). The molecule has 1 aromatic rings. The minimum atomic E-state index is -2.59. The van der Waals surface area contributed by atoms with Crippen LogP contribution in [-0.2, 0) is 11.3 Å². The number of nitrogens with one attached hydrogen (secondary N) is 2. The summed E-state index contributed by atoms with van der Waals surface area (Å²) in [6, 6.07) is 0. The predicted octanol–water partition coefficient (Wildman–Crippen LogP) is 2.16. The molecule has 0 spiro atoms. The minimum absolute atomic E-state index is 0.133. The van der Waals surface area contributed by atoms with Crippen LogP contribution in [0.3, 0.4) is 0 Å². The summed E-state index contributed by atoms with van der Waals surface area (Å²) in [5.41, 5.74) is 1.83. The Balaban J connectivity index is 1.81. The predicted molar refractivity (Wildman–Crippen MR) is 62.1 cm³/mol. The second-order valence-corrected chi connectivity index (χ2v) is 4.87. The van der Waals surface area contributed by atoms with Crippen LogP contribution in [0.25, 0.3) is 0 Å². The Bertz CT molecular complexity index is 421. The molecule has 2 N–H and O–H groups in total. The van der Waals surface area contributed by atoms with Crippen molar-refractivity contribution in [1.29, 1.82) is 0 Å². The quantitative estimate of drug-likeness (QED) is 0.871. The molecule has 0 aliphatic heterocycles. The van der Waals surface area contributed by atoms with Crippen molar-refractivity contribution in [3.05, 3.63) is 17.5 Å². The van der Waals surface area contributed by atoms with E-state index in [9.17, 15) is 13.6 Å². The molecule has 0 saturated heterocycles. The number of carbonyl (C=O) groups excluding carboxylic acids is 1. The summed E-state index contributed by atoms with van der Waals surface area (Å²) in [5, 5.41) is 9.42. The summed E-state index contributed by atoms with van der Waals surface area (Å²) in [5.74, 6) is -3.00. The van der Waals surface area contributed by atoms with E-state index in [1.165, 1.54) is 0 Å². The summed E-state index contributed by atoms with van der Waals surface area (Å²) in [6.07, 6.45) is 1.82. The SMILES string of the molecule is Cc1[nH]ncc1CNC(=O)C1CCC(F)(F)CC1. The molecule has 0 radical (unpaired) electrons. The first-order valence-electron chi connectivity index (χ1n) is 6.12. The molecule has 1 aliphatic rings. The van der Waals surface area contributed by atoms with E-state index in [-0.39, 0.29) is 37.5 Å². The first-order chi connectivity index (χ1) is 8.48. The number of halogens is 2. The highest BCUT2D eigenvalue weighted by atomic mass is 19.3. The highest BCUT2D eigenvalue weighted by Crippen LogP contribution is 2.36. The molecular weight excluding hydrogens is 240 g/mol. The Morgan fingerprint density at radius 3 is 2.78 bits per heavy atom. The van der Waals surface area contributed by atoms with E-state index < -0.39 is 5.92 Å². The lowest BCUT2D eigenvalue weighted by molar-refractivity contribution is -0.129. The van der Waals surface area contributed by atoms with Gasteiger partial charge in [0.1, 0.15) is 0 Å². The third-order valence-electron chi connectivity index (χ3n) is 3.48. The normalized spacial score (nSPS) is 19.7. The molecule has 1 aliphatic carbocycles. The monoisotopic (exact) mass is 257 g/mol. The third kappa shape index (κ3) is 3.05. The maximum absolute atomic E-state index is 13.0. The Hall–Kier alpha value is -1.46. The lowest BCUT2D eigenvalue weighted by atomic mass is 9.86. The second-order valence-electron chi connectivity index (χ2n) is 4.87. The highest BCUT2D eigenvalue weighted by molar-refractivity contribution is 5.78. The number of rotatable bonds is 3. The number of hydrogen-bond acceptors (Lipinski definition) is 2. The molecule has 18 heavy (non-hydrogen) atoms. The van der Waals surface area contributed by atoms with Gasteiger partial charge in [0.2, 0.25) is 11.8 Å². The first kappa shape index (κ1) is 13.0. The maximum Gasteiger partial charge on any atom is 0.248 e. The van der Waals surface area contributed by atoms with Gasteiger partial charge in [0.25, 0.3) is 0 Å². The molecule has 2 rings (SSSR count). The van der Waals surface area contributed by atoms with Crippen molar-refractivity contribution in [2.45, 2.75) is 45.1 Å². The molecule has 0 unspecified atom stereocenters. The molecule has 1 fully saturated rings. The largest absolute Gasteiger partial charge is 0.352 e. The zero-order chi connectivity index (χ0) is 13.2. The zero-order valence-corrected chi connectivity index (χ0v) is 10.3. The summed E-state index contributed by atoms with van der Waals surface area (Å²) >= 11 is 0. The number of carbonyl (C=O) groups is 1. The number of hydrogen-bond donors (Lipinski definition) is 2. The van der Waals surface area contributed by atoms with Gasteiger partial charge < -0.3 is 5.32 Å². The van der Waals surface area contributed by atoms with Crippen LogP contribution in [0, 0.1) is 12.8 Å². The van der Waals surface area contributed by atoms with Crippen LogP contribution in [0.5, 0.6) is 0 Å². The topological polar surface area (TPSA) is 57.8 Å². The number of nitrogens with zero attached hydrogens (tertiary/aromatic N) is 1. The molecule has 1 amide bonds. The highest BCUT2D eigenvalue weighted by Gasteiger charge is 2.37. The van der Waals surface area contributed by atoms with Gasteiger partial charge in [-0.05, 0) is 19.8 Å². The summed E-state index contributed by atoms with van der Waals surface area (Å²) in [4.78, 5) is 11.8. The van der Waals surface area contributed by atoms with Crippen molar-refractivity contribution in [3.8, 4) is 0 Å². The van der Waals surface area contributed by atoms with Crippen molar-refractivity contribution in [2.24, 2.45) is 5.92 Å². The van der Waals surface area contributed by atoms with E-state index in [1.54, 1.807) is 6.20 Å². The summed E-state index contributed by atoms with van der Waals surface area (Å²) in [7, 11) is 0. The number of amides is 1. The van der Waals surface area contributed by atoms with Crippen LogP contribution in [0.15, 0.2) is 6.20 Å². The van der Waals surface area contributed by atoms with Crippen LogP contribution in [-0.4, -0.2) is 22.0 Å². The number of aryl methyl sites for hydroxylation is 1. The number of aromatic nitrogens is 2. The smallest absolute Gasteiger partial charge is 0.248 e. The molecule has 1 saturated carbocycles. The van der Waals surface area contributed by atoms with Crippen molar-refractivity contribution in [2.75, 3.05) is 0 Å². The Labute approximate surface area is 104 Å².